The molecule has 1 atom stereocenters. The van der Waals surface area contributed by atoms with Crippen molar-refractivity contribution in [2.75, 3.05) is 24.7 Å². The van der Waals surface area contributed by atoms with Crippen molar-refractivity contribution in [3.8, 4) is 0 Å². The third-order valence-corrected chi connectivity index (χ3v) is 17.3. The molecule has 0 amide bonds. The molecule has 0 spiro atoms. The Morgan fingerprint density at radius 1 is 1.46 bits per heavy atom. The van der Waals surface area contributed by atoms with Gasteiger partial charge in [0.15, 0.2) is 0 Å². The van der Waals surface area contributed by atoms with Crippen LogP contribution in [-0.2, 0) is 0 Å². The van der Waals surface area contributed by atoms with E-state index in [4.69, 9.17) is 0 Å². The summed E-state index contributed by atoms with van der Waals surface area (Å²) in [4.78, 5) is 1.05. The molecule has 2 heteroatoms. The van der Waals surface area contributed by atoms with E-state index in [1.165, 1.54) is 12.8 Å². The minimum absolute atomic E-state index is 0.194. The minimum atomic E-state index is -0.916. The zero-order valence-electron chi connectivity index (χ0n) is 9.76. The molecule has 0 bridgehead atoms. The second-order valence-electron chi connectivity index (χ2n) is 5.11. The quantitative estimate of drug-likeness (QED) is 0.629. The van der Waals surface area contributed by atoms with Crippen LogP contribution in [0.1, 0.15) is 26.7 Å². The maximum absolute atomic E-state index is 2.61. The molecule has 0 aromatic rings. The second-order valence-corrected chi connectivity index (χ2v) is 14.8. The molecule has 80 valence electrons. The molecule has 0 N–H and O–H groups in total. The molecule has 0 nitrogen and oxygen atoms in total. The van der Waals surface area contributed by atoms with Gasteiger partial charge in [-0.15, -0.1) is 0 Å². The van der Waals surface area contributed by atoms with Gasteiger partial charge in [0.05, 0.1) is 0 Å². The van der Waals surface area contributed by atoms with Crippen LogP contribution in [0.5, 0.6) is 0 Å². The molecule has 1 rings (SSSR count). The van der Waals surface area contributed by atoms with Crippen molar-refractivity contribution >= 4 is 17.3 Å². The standard InChI is InChI=1S/C11H25PS/c1-6-7-8-9-12(3)10-13(4,5)11(12)2/h8-9,11-12H,6-7,10H2,1-5H3/t11-/m0/s1. The van der Waals surface area contributed by atoms with Gasteiger partial charge in [-0.3, -0.25) is 0 Å². The van der Waals surface area contributed by atoms with Gasteiger partial charge in [0, 0.05) is 0 Å². The molecule has 13 heavy (non-hydrogen) atoms. The zero-order valence-corrected chi connectivity index (χ0v) is 11.6. The Morgan fingerprint density at radius 2 is 2.08 bits per heavy atom. The van der Waals surface area contributed by atoms with E-state index in [-0.39, 0.29) is 10.0 Å². The van der Waals surface area contributed by atoms with Crippen LogP contribution in [0.3, 0.4) is 0 Å². The second kappa shape index (κ2) is 3.95. The van der Waals surface area contributed by atoms with Gasteiger partial charge in [0.1, 0.15) is 0 Å². The Balaban J connectivity index is 2.52. The van der Waals surface area contributed by atoms with Crippen LogP contribution < -0.4 is 0 Å². The van der Waals surface area contributed by atoms with Crippen LogP contribution in [0.2, 0.25) is 0 Å². The van der Waals surface area contributed by atoms with Crippen molar-refractivity contribution < 1.29 is 0 Å². The molecule has 0 aromatic heterocycles. The maximum atomic E-state index is 2.61. The topological polar surface area (TPSA) is 0 Å². The first kappa shape index (κ1) is 11.6. The molecular formula is C11H25PS. The van der Waals surface area contributed by atoms with E-state index in [0.29, 0.717) is 0 Å². The molecule has 1 fully saturated rings. The van der Waals surface area contributed by atoms with Crippen molar-refractivity contribution in [3.63, 3.8) is 0 Å². The summed E-state index contributed by atoms with van der Waals surface area (Å²) in [7, 11) is -1.11. The number of unbranched alkanes of at least 4 members (excludes halogenated alkanes) is 1. The summed E-state index contributed by atoms with van der Waals surface area (Å²) in [5.74, 6) is 2.61. The van der Waals surface area contributed by atoms with E-state index in [2.05, 4.69) is 44.9 Å². The monoisotopic (exact) mass is 220 g/mol. The summed E-state index contributed by atoms with van der Waals surface area (Å²) < 4.78 is 0. The van der Waals surface area contributed by atoms with E-state index >= 15 is 0 Å². The summed E-state index contributed by atoms with van der Waals surface area (Å²) in [6.07, 6.45) is 10.0. The van der Waals surface area contributed by atoms with Gasteiger partial charge < -0.3 is 0 Å². The average molecular weight is 220 g/mol. The van der Waals surface area contributed by atoms with E-state index in [1.807, 2.05) is 0 Å². The number of hydrogen-bond acceptors (Lipinski definition) is 0. The van der Waals surface area contributed by atoms with Crippen molar-refractivity contribution in [1.29, 1.82) is 0 Å². The molecule has 1 aliphatic heterocycles. The molecule has 0 aromatic carbocycles. The molecule has 1 saturated heterocycles. The Morgan fingerprint density at radius 3 is 2.46 bits per heavy atom. The Labute approximate surface area is 85.8 Å². The Hall–Kier alpha value is 0.520. The van der Waals surface area contributed by atoms with Crippen molar-refractivity contribution in [2.24, 2.45) is 0 Å². The third-order valence-electron chi connectivity index (χ3n) is 3.52. The van der Waals surface area contributed by atoms with Gasteiger partial charge >= 0.3 is 85.5 Å². The van der Waals surface area contributed by atoms with Crippen LogP contribution >= 0.6 is 17.3 Å². The van der Waals surface area contributed by atoms with Crippen LogP contribution in [0.25, 0.3) is 0 Å². The fourth-order valence-electron chi connectivity index (χ4n) is 2.38. The molecule has 1 heterocycles. The zero-order chi connectivity index (χ0) is 10.1. The SMILES string of the molecule is CCCC=C[PH]1(C)CS(C)(C)[C@H]1C. The molecule has 0 radical (unpaired) electrons. The number of allylic oxidation sites excluding steroid dienone is 1. The van der Waals surface area contributed by atoms with E-state index < -0.39 is 7.26 Å². The summed E-state index contributed by atoms with van der Waals surface area (Å²) in [6.45, 7) is 7.30. The van der Waals surface area contributed by atoms with Crippen molar-refractivity contribution in [3.05, 3.63) is 11.9 Å². The first-order valence-electron chi connectivity index (χ1n) is 5.30. The van der Waals surface area contributed by atoms with E-state index in [9.17, 15) is 0 Å². The number of rotatable bonds is 3. The molecule has 0 saturated carbocycles. The fourth-order valence-corrected chi connectivity index (χ4v) is 17.4. The van der Waals surface area contributed by atoms with Crippen LogP contribution in [-0.4, -0.2) is 29.7 Å². The molecule has 0 unspecified atom stereocenters. The average Bonchev–Trinajstić information content (AvgIpc) is 2.03. The van der Waals surface area contributed by atoms with E-state index in [1.54, 1.807) is 5.49 Å². The predicted octanol–water partition coefficient (Wildman–Crippen LogP) is 4.06. The number of hydrogen-bond donors (Lipinski definition) is 0. The van der Waals surface area contributed by atoms with Crippen LogP contribution in [0, 0.1) is 0 Å². The molecular weight excluding hydrogens is 195 g/mol. The molecule has 1 aliphatic rings. The summed E-state index contributed by atoms with van der Waals surface area (Å²) in [5.41, 5.74) is 1.57. The van der Waals surface area contributed by atoms with Crippen molar-refractivity contribution in [2.45, 2.75) is 31.7 Å². The normalized spacial score (nSPS) is 35.3. The molecule has 0 aliphatic carbocycles. The van der Waals surface area contributed by atoms with Crippen LogP contribution in [0.15, 0.2) is 11.9 Å². The summed E-state index contributed by atoms with van der Waals surface area (Å²) >= 11 is 0. The third kappa shape index (κ3) is 2.30. The Bertz CT molecular complexity index is 210. The first-order chi connectivity index (χ1) is 5.92. The first-order valence-corrected chi connectivity index (χ1v) is 10.8. The van der Waals surface area contributed by atoms with Crippen molar-refractivity contribution in [1.82, 2.24) is 0 Å². The van der Waals surface area contributed by atoms with Gasteiger partial charge in [-0.25, -0.2) is 0 Å². The summed E-state index contributed by atoms with van der Waals surface area (Å²) in [6, 6.07) is 0. The van der Waals surface area contributed by atoms with Gasteiger partial charge in [0.2, 0.25) is 0 Å². The summed E-state index contributed by atoms with van der Waals surface area (Å²) in [5, 5.41) is 0. The Kier molecular flexibility index (Phi) is 3.52. The van der Waals surface area contributed by atoms with Gasteiger partial charge in [0.25, 0.3) is 0 Å². The van der Waals surface area contributed by atoms with Crippen LogP contribution in [0.4, 0.5) is 0 Å². The predicted molar refractivity (Wildman–Crippen MR) is 72.1 cm³/mol. The van der Waals surface area contributed by atoms with Gasteiger partial charge in [-0.05, 0) is 0 Å². The van der Waals surface area contributed by atoms with Gasteiger partial charge in [-0.2, -0.15) is 0 Å². The fraction of sp³-hybridized carbons (Fsp3) is 0.818. The van der Waals surface area contributed by atoms with E-state index in [0.717, 1.165) is 4.99 Å². The van der Waals surface area contributed by atoms with Gasteiger partial charge in [-0.1, -0.05) is 0 Å².